The van der Waals surface area contributed by atoms with E-state index in [0.717, 1.165) is 12.0 Å². The van der Waals surface area contributed by atoms with Crippen molar-refractivity contribution in [1.82, 2.24) is 10.6 Å². The first kappa shape index (κ1) is 20.5. The minimum absolute atomic E-state index is 0.124. The Kier molecular flexibility index (Phi) is 7.37. The van der Waals surface area contributed by atoms with Gasteiger partial charge in [-0.1, -0.05) is 42.5 Å². The lowest BCUT2D eigenvalue weighted by atomic mass is 10.1. The highest BCUT2D eigenvalue weighted by atomic mass is 16.3. The topological polar surface area (TPSA) is 90.5 Å². The fourth-order valence-corrected chi connectivity index (χ4v) is 2.49. The van der Waals surface area contributed by atoms with Crippen molar-refractivity contribution in [2.45, 2.75) is 32.2 Å². The summed E-state index contributed by atoms with van der Waals surface area (Å²) in [5.41, 5.74) is 2.02. The number of carbonyl (C=O) groups excluding carboxylic acids is 2. The molecule has 2 rings (SSSR count). The van der Waals surface area contributed by atoms with E-state index in [1.165, 1.54) is 5.56 Å². The number of hydrogen-bond donors (Lipinski definition) is 4. The third-order valence-corrected chi connectivity index (χ3v) is 3.99. The van der Waals surface area contributed by atoms with Crippen molar-refractivity contribution < 1.29 is 14.7 Å². The molecule has 0 fully saturated rings. The number of amides is 3. The Hall–Kier alpha value is -2.86. The van der Waals surface area contributed by atoms with E-state index >= 15 is 0 Å². The van der Waals surface area contributed by atoms with Crippen molar-refractivity contribution in [1.29, 1.82) is 0 Å². The van der Waals surface area contributed by atoms with Crippen LogP contribution in [0.15, 0.2) is 54.6 Å². The molecule has 0 heterocycles. The lowest BCUT2D eigenvalue weighted by Crippen LogP contribution is -2.46. The number of benzene rings is 2. The number of urea groups is 1. The van der Waals surface area contributed by atoms with Crippen LogP contribution in [0.2, 0.25) is 0 Å². The van der Waals surface area contributed by atoms with Gasteiger partial charge in [0.05, 0.1) is 18.6 Å². The van der Waals surface area contributed by atoms with Crippen LogP contribution in [0.25, 0.3) is 0 Å². The van der Waals surface area contributed by atoms with Crippen molar-refractivity contribution in [3.05, 3.63) is 65.7 Å². The Morgan fingerprint density at radius 1 is 0.963 bits per heavy atom. The molecule has 0 saturated heterocycles. The molecule has 0 radical (unpaired) electrons. The van der Waals surface area contributed by atoms with Crippen LogP contribution >= 0.6 is 0 Å². The highest BCUT2D eigenvalue weighted by Crippen LogP contribution is 2.11. The zero-order chi connectivity index (χ0) is 19.7. The molecular formula is C21H27N3O3. The molecule has 2 aromatic rings. The summed E-state index contributed by atoms with van der Waals surface area (Å²) in [4.78, 5) is 23.9. The van der Waals surface area contributed by atoms with Crippen molar-refractivity contribution >= 4 is 17.6 Å². The van der Waals surface area contributed by atoms with Gasteiger partial charge in [0.25, 0.3) is 0 Å². The fraction of sp³-hybridized carbons (Fsp3) is 0.333. The molecule has 0 atom stereocenters. The SMILES string of the molecule is CC(C)(CO)NC(=O)Cc1ccc(NC(=O)NCCc2ccccc2)cc1. The molecule has 0 aliphatic carbocycles. The molecule has 144 valence electrons. The van der Waals surface area contributed by atoms with Crippen molar-refractivity contribution in [2.24, 2.45) is 0 Å². The van der Waals surface area contributed by atoms with Gasteiger partial charge in [0.2, 0.25) is 5.91 Å². The summed E-state index contributed by atoms with van der Waals surface area (Å²) in [6.07, 6.45) is 0.986. The predicted molar refractivity (Wildman–Crippen MR) is 107 cm³/mol. The third kappa shape index (κ3) is 7.50. The highest BCUT2D eigenvalue weighted by molar-refractivity contribution is 5.89. The number of anilines is 1. The van der Waals surface area contributed by atoms with Crippen LogP contribution in [0.5, 0.6) is 0 Å². The maximum absolute atomic E-state index is 12.0. The molecule has 0 bridgehead atoms. The lowest BCUT2D eigenvalue weighted by molar-refractivity contribution is -0.122. The lowest BCUT2D eigenvalue weighted by Gasteiger charge is -2.23. The summed E-state index contributed by atoms with van der Waals surface area (Å²) in [5.74, 6) is -0.159. The molecule has 0 unspecified atom stereocenters. The van der Waals surface area contributed by atoms with Gasteiger partial charge in [0.1, 0.15) is 0 Å². The van der Waals surface area contributed by atoms with Crippen LogP contribution in [0, 0.1) is 0 Å². The zero-order valence-corrected chi connectivity index (χ0v) is 15.8. The number of hydrogen-bond acceptors (Lipinski definition) is 3. The highest BCUT2D eigenvalue weighted by Gasteiger charge is 2.18. The molecule has 27 heavy (non-hydrogen) atoms. The second-order valence-electron chi connectivity index (χ2n) is 7.08. The summed E-state index contributed by atoms with van der Waals surface area (Å²) >= 11 is 0. The number of aliphatic hydroxyl groups excluding tert-OH is 1. The van der Waals surface area contributed by atoms with Crippen LogP contribution in [0.4, 0.5) is 10.5 Å². The van der Waals surface area contributed by atoms with Crippen LogP contribution < -0.4 is 16.0 Å². The standard InChI is InChI=1S/C21H27N3O3/c1-21(2,15-25)24-19(26)14-17-8-10-18(11-9-17)23-20(27)22-13-12-16-6-4-3-5-7-16/h3-11,25H,12-15H2,1-2H3,(H,24,26)(H2,22,23,27). The Bertz CT molecular complexity index is 743. The van der Waals surface area contributed by atoms with Gasteiger partial charge < -0.3 is 21.1 Å². The summed E-state index contributed by atoms with van der Waals surface area (Å²) in [6, 6.07) is 16.8. The van der Waals surface area contributed by atoms with Gasteiger partial charge in [-0.25, -0.2) is 4.79 Å². The molecule has 6 heteroatoms. The van der Waals surface area contributed by atoms with E-state index in [-0.39, 0.29) is 25.0 Å². The fourth-order valence-electron chi connectivity index (χ4n) is 2.49. The average Bonchev–Trinajstić information content (AvgIpc) is 2.64. The molecule has 2 aromatic carbocycles. The number of aliphatic hydroxyl groups is 1. The first-order valence-corrected chi connectivity index (χ1v) is 8.97. The first-order chi connectivity index (χ1) is 12.9. The van der Waals surface area contributed by atoms with Crippen LogP contribution in [0.1, 0.15) is 25.0 Å². The van der Waals surface area contributed by atoms with Gasteiger partial charge in [0.15, 0.2) is 0 Å². The monoisotopic (exact) mass is 369 g/mol. The quantitative estimate of drug-likeness (QED) is 0.576. The largest absolute Gasteiger partial charge is 0.394 e. The minimum Gasteiger partial charge on any atom is -0.394 e. The Labute approximate surface area is 160 Å². The number of nitrogens with one attached hydrogen (secondary N) is 3. The van der Waals surface area contributed by atoms with Gasteiger partial charge >= 0.3 is 6.03 Å². The third-order valence-electron chi connectivity index (χ3n) is 3.99. The van der Waals surface area contributed by atoms with E-state index in [4.69, 9.17) is 0 Å². The van der Waals surface area contributed by atoms with E-state index in [1.807, 2.05) is 30.3 Å². The molecule has 0 aliphatic rings. The number of rotatable bonds is 8. The minimum atomic E-state index is -0.642. The Balaban J connectivity index is 1.76. The van der Waals surface area contributed by atoms with Crippen molar-refractivity contribution in [3.8, 4) is 0 Å². The maximum Gasteiger partial charge on any atom is 0.319 e. The van der Waals surface area contributed by atoms with Crippen LogP contribution in [-0.4, -0.2) is 35.7 Å². The second-order valence-corrected chi connectivity index (χ2v) is 7.08. The molecule has 3 amide bonds. The second kappa shape index (κ2) is 9.73. The first-order valence-electron chi connectivity index (χ1n) is 8.97. The van der Waals surface area contributed by atoms with E-state index in [1.54, 1.807) is 38.1 Å². The Morgan fingerprint density at radius 3 is 2.26 bits per heavy atom. The van der Waals surface area contributed by atoms with Gasteiger partial charge in [-0.05, 0) is 43.5 Å². The van der Waals surface area contributed by atoms with Gasteiger partial charge in [-0.3, -0.25) is 4.79 Å². The normalized spacial score (nSPS) is 10.9. The van der Waals surface area contributed by atoms with E-state index in [9.17, 15) is 14.7 Å². The summed E-state index contributed by atoms with van der Waals surface area (Å²) < 4.78 is 0. The maximum atomic E-state index is 12.0. The average molecular weight is 369 g/mol. The molecular weight excluding hydrogens is 342 g/mol. The molecule has 0 spiro atoms. The molecule has 0 saturated carbocycles. The summed E-state index contributed by atoms with van der Waals surface area (Å²) in [5, 5.41) is 17.6. The van der Waals surface area contributed by atoms with Gasteiger partial charge in [-0.2, -0.15) is 0 Å². The van der Waals surface area contributed by atoms with E-state index in [0.29, 0.717) is 12.2 Å². The summed E-state index contributed by atoms with van der Waals surface area (Å²) in [6.45, 7) is 3.94. The van der Waals surface area contributed by atoms with Gasteiger partial charge in [0, 0.05) is 12.2 Å². The Morgan fingerprint density at radius 2 is 1.63 bits per heavy atom. The van der Waals surface area contributed by atoms with E-state index in [2.05, 4.69) is 16.0 Å². The van der Waals surface area contributed by atoms with E-state index < -0.39 is 5.54 Å². The van der Waals surface area contributed by atoms with Crippen LogP contribution in [-0.2, 0) is 17.6 Å². The predicted octanol–water partition coefficient (Wildman–Crippen LogP) is 2.48. The summed E-state index contributed by atoms with van der Waals surface area (Å²) in [7, 11) is 0. The smallest absolute Gasteiger partial charge is 0.319 e. The molecule has 0 aliphatic heterocycles. The molecule has 0 aromatic heterocycles. The zero-order valence-electron chi connectivity index (χ0n) is 15.8. The van der Waals surface area contributed by atoms with Gasteiger partial charge in [-0.15, -0.1) is 0 Å². The van der Waals surface area contributed by atoms with Crippen molar-refractivity contribution in [3.63, 3.8) is 0 Å². The molecule has 6 nitrogen and oxygen atoms in total. The molecule has 4 N–H and O–H groups in total. The van der Waals surface area contributed by atoms with Crippen LogP contribution in [0.3, 0.4) is 0 Å². The van der Waals surface area contributed by atoms with Crippen molar-refractivity contribution in [2.75, 3.05) is 18.5 Å². The number of carbonyl (C=O) groups is 2.